The maximum absolute atomic E-state index is 13.0. The second kappa shape index (κ2) is 7.31. The van der Waals surface area contributed by atoms with Crippen molar-refractivity contribution in [2.45, 2.75) is 6.92 Å². The number of para-hydroxylation sites is 1. The molecule has 0 saturated heterocycles. The molecule has 0 unspecified atom stereocenters. The Morgan fingerprint density at radius 3 is 2.14 bits per heavy atom. The largest absolute Gasteiger partial charge is 0.340 e. The van der Waals surface area contributed by atoms with Gasteiger partial charge in [-0.3, -0.25) is 14.3 Å². The third kappa shape index (κ3) is 3.18. The molecular formula is C23H22N4O2. The van der Waals surface area contributed by atoms with Crippen molar-refractivity contribution in [1.29, 1.82) is 0 Å². The van der Waals surface area contributed by atoms with Crippen molar-refractivity contribution in [3.8, 4) is 16.9 Å². The number of hydrogen-bond donors (Lipinski definition) is 1. The van der Waals surface area contributed by atoms with Gasteiger partial charge in [0.1, 0.15) is 11.4 Å². The normalized spacial score (nSPS) is 10.9. The lowest BCUT2D eigenvalue weighted by Crippen LogP contribution is -2.23. The minimum Gasteiger partial charge on any atom is -0.340 e. The third-order valence-electron chi connectivity index (χ3n) is 5.22. The summed E-state index contributed by atoms with van der Waals surface area (Å²) in [6, 6.07) is 22.9. The van der Waals surface area contributed by atoms with Crippen molar-refractivity contribution in [3.05, 3.63) is 94.5 Å². The Balaban J connectivity index is 1.69. The minimum absolute atomic E-state index is 0.262. The van der Waals surface area contributed by atoms with Crippen molar-refractivity contribution in [2.24, 2.45) is 14.1 Å². The Kier molecular flexibility index (Phi) is 4.68. The molecule has 4 rings (SSSR count). The molecule has 0 bridgehead atoms. The van der Waals surface area contributed by atoms with Crippen LogP contribution in [0.4, 0.5) is 5.69 Å². The van der Waals surface area contributed by atoms with E-state index < -0.39 is 0 Å². The highest BCUT2D eigenvalue weighted by molar-refractivity contribution is 6.04. The number of nitrogens with zero attached hydrogens (tertiary/aromatic N) is 3. The molecule has 0 aliphatic heterocycles. The van der Waals surface area contributed by atoms with E-state index in [-0.39, 0.29) is 17.2 Å². The molecule has 2 heterocycles. The molecule has 2 aromatic heterocycles. The van der Waals surface area contributed by atoms with Gasteiger partial charge < -0.3 is 9.88 Å². The summed E-state index contributed by atoms with van der Waals surface area (Å²) in [4.78, 5) is 26.0. The number of aromatic nitrogens is 3. The van der Waals surface area contributed by atoms with Gasteiger partial charge in [-0.1, -0.05) is 48.5 Å². The Morgan fingerprint density at radius 2 is 1.48 bits per heavy atom. The van der Waals surface area contributed by atoms with E-state index in [0.29, 0.717) is 11.4 Å². The van der Waals surface area contributed by atoms with Gasteiger partial charge in [0.2, 0.25) is 0 Å². The summed E-state index contributed by atoms with van der Waals surface area (Å²) in [5.41, 5.74) is 3.89. The molecule has 146 valence electrons. The fourth-order valence-corrected chi connectivity index (χ4v) is 3.53. The van der Waals surface area contributed by atoms with Crippen LogP contribution < -0.4 is 10.9 Å². The number of nitrogens with one attached hydrogen (secondary N) is 1. The highest BCUT2D eigenvalue weighted by Gasteiger charge is 2.20. The van der Waals surface area contributed by atoms with E-state index in [1.54, 1.807) is 22.5 Å². The molecule has 0 spiro atoms. The molecule has 0 aliphatic carbocycles. The highest BCUT2D eigenvalue weighted by Crippen LogP contribution is 2.22. The number of benzene rings is 2. The molecule has 1 N–H and O–H groups in total. The number of carbonyl (C=O) groups excluding carboxylic acids is 1. The highest BCUT2D eigenvalue weighted by atomic mass is 16.2. The summed E-state index contributed by atoms with van der Waals surface area (Å²) < 4.78 is 5.12. The van der Waals surface area contributed by atoms with Gasteiger partial charge in [-0.25, -0.2) is 4.68 Å². The predicted molar refractivity (Wildman–Crippen MR) is 115 cm³/mol. The van der Waals surface area contributed by atoms with Gasteiger partial charge in [0.25, 0.3) is 11.5 Å². The van der Waals surface area contributed by atoms with Gasteiger partial charge in [-0.2, -0.15) is 0 Å². The van der Waals surface area contributed by atoms with Crippen LogP contribution >= 0.6 is 0 Å². The molecule has 6 heteroatoms. The molecule has 0 aliphatic rings. The van der Waals surface area contributed by atoms with Crippen molar-refractivity contribution >= 4 is 11.6 Å². The van der Waals surface area contributed by atoms with Crippen LogP contribution in [0.2, 0.25) is 0 Å². The molecular weight excluding hydrogens is 364 g/mol. The lowest BCUT2D eigenvalue weighted by molar-refractivity contribution is 0.101. The van der Waals surface area contributed by atoms with Crippen molar-refractivity contribution in [1.82, 2.24) is 13.9 Å². The van der Waals surface area contributed by atoms with Gasteiger partial charge >= 0.3 is 0 Å². The van der Waals surface area contributed by atoms with Crippen LogP contribution in [0.5, 0.6) is 0 Å². The maximum atomic E-state index is 13.0. The number of amides is 1. The van der Waals surface area contributed by atoms with Crippen LogP contribution in [0.3, 0.4) is 0 Å². The number of rotatable bonds is 4. The summed E-state index contributed by atoms with van der Waals surface area (Å²) in [7, 11) is 3.65. The van der Waals surface area contributed by atoms with E-state index in [1.807, 2.05) is 85.3 Å². The van der Waals surface area contributed by atoms with Crippen LogP contribution in [0.25, 0.3) is 16.9 Å². The van der Waals surface area contributed by atoms with Crippen LogP contribution in [-0.2, 0) is 14.1 Å². The molecule has 0 atom stereocenters. The maximum Gasteiger partial charge on any atom is 0.295 e. The zero-order valence-corrected chi connectivity index (χ0v) is 16.6. The van der Waals surface area contributed by atoms with E-state index in [2.05, 4.69) is 5.32 Å². The van der Waals surface area contributed by atoms with E-state index in [0.717, 1.165) is 16.9 Å². The molecule has 6 nitrogen and oxygen atoms in total. The first-order valence-electron chi connectivity index (χ1n) is 9.35. The van der Waals surface area contributed by atoms with Gasteiger partial charge in [0.05, 0.1) is 11.4 Å². The van der Waals surface area contributed by atoms with Crippen molar-refractivity contribution in [3.63, 3.8) is 0 Å². The second-order valence-corrected chi connectivity index (χ2v) is 6.92. The van der Waals surface area contributed by atoms with Crippen LogP contribution in [0, 0.1) is 6.92 Å². The Morgan fingerprint density at radius 1 is 0.862 bits per heavy atom. The zero-order chi connectivity index (χ0) is 20.5. The van der Waals surface area contributed by atoms with Crippen LogP contribution in [-0.4, -0.2) is 19.8 Å². The van der Waals surface area contributed by atoms with E-state index in [1.165, 1.54) is 0 Å². The SMILES string of the molecule is Cc1c(NC(=O)c2ccc(-c3ccccc3)n2C)c(=O)n(-c2ccccc2)n1C. The molecule has 0 saturated carbocycles. The Labute approximate surface area is 168 Å². The summed E-state index contributed by atoms with van der Waals surface area (Å²) in [5, 5.41) is 2.82. The Hall–Kier alpha value is -3.80. The lowest BCUT2D eigenvalue weighted by atomic mass is 10.2. The zero-order valence-electron chi connectivity index (χ0n) is 16.6. The van der Waals surface area contributed by atoms with E-state index in [4.69, 9.17) is 0 Å². The first kappa shape index (κ1) is 18.6. The van der Waals surface area contributed by atoms with Crippen LogP contribution in [0.15, 0.2) is 77.6 Å². The number of carbonyl (C=O) groups is 1. The molecule has 0 fully saturated rings. The number of anilines is 1. The number of hydrogen-bond acceptors (Lipinski definition) is 2. The first-order chi connectivity index (χ1) is 14.0. The summed E-state index contributed by atoms with van der Waals surface area (Å²) in [6.45, 7) is 1.82. The minimum atomic E-state index is -0.319. The summed E-state index contributed by atoms with van der Waals surface area (Å²) >= 11 is 0. The van der Waals surface area contributed by atoms with Crippen LogP contribution in [0.1, 0.15) is 16.2 Å². The second-order valence-electron chi connectivity index (χ2n) is 6.92. The first-order valence-corrected chi connectivity index (χ1v) is 9.35. The smallest absolute Gasteiger partial charge is 0.295 e. The summed E-state index contributed by atoms with van der Waals surface area (Å²) in [6.07, 6.45) is 0. The van der Waals surface area contributed by atoms with Crippen molar-refractivity contribution < 1.29 is 4.79 Å². The van der Waals surface area contributed by atoms with Gasteiger partial charge in [-0.05, 0) is 36.8 Å². The topological polar surface area (TPSA) is 61.0 Å². The molecule has 2 aromatic carbocycles. The molecule has 29 heavy (non-hydrogen) atoms. The quantitative estimate of drug-likeness (QED) is 0.581. The fraction of sp³-hybridized carbons (Fsp3) is 0.130. The van der Waals surface area contributed by atoms with Crippen molar-refractivity contribution in [2.75, 3.05) is 5.32 Å². The molecule has 0 radical (unpaired) electrons. The van der Waals surface area contributed by atoms with E-state index >= 15 is 0 Å². The standard InChI is InChI=1S/C23H22N4O2/c1-16-21(23(29)27(26(16)3)18-12-8-5-9-13-18)24-22(28)20-15-14-19(25(20)2)17-10-6-4-7-11-17/h4-15H,1-3H3,(H,24,28). The monoisotopic (exact) mass is 386 g/mol. The fourth-order valence-electron chi connectivity index (χ4n) is 3.53. The molecule has 1 amide bonds. The average Bonchev–Trinajstić information content (AvgIpc) is 3.22. The lowest BCUT2D eigenvalue weighted by Gasteiger charge is -2.08. The molecule has 4 aromatic rings. The van der Waals surface area contributed by atoms with Gasteiger partial charge in [-0.15, -0.1) is 0 Å². The van der Waals surface area contributed by atoms with E-state index in [9.17, 15) is 9.59 Å². The average molecular weight is 386 g/mol. The van der Waals surface area contributed by atoms with Gasteiger partial charge in [0, 0.05) is 19.8 Å². The summed E-state index contributed by atoms with van der Waals surface area (Å²) in [5.74, 6) is -0.319. The third-order valence-corrected chi connectivity index (χ3v) is 5.22. The predicted octanol–water partition coefficient (Wildman–Crippen LogP) is 3.74. The Bertz CT molecular complexity index is 1230. The van der Waals surface area contributed by atoms with Gasteiger partial charge in [0.15, 0.2) is 0 Å².